The fraction of sp³-hybridized carbons (Fsp3) is 0.200. The van der Waals surface area contributed by atoms with Crippen molar-refractivity contribution in [1.29, 1.82) is 0 Å². The number of nitrogens with zero attached hydrogens (tertiary/aromatic N) is 1. The van der Waals surface area contributed by atoms with Gasteiger partial charge in [-0.25, -0.2) is 0 Å². The van der Waals surface area contributed by atoms with Crippen LogP contribution in [0.4, 0.5) is 18.9 Å². The second-order valence-corrected chi connectivity index (χ2v) is 6.52. The van der Waals surface area contributed by atoms with E-state index in [9.17, 15) is 18.0 Å². The Morgan fingerprint density at radius 1 is 1.00 bits per heavy atom. The Morgan fingerprint density at radius 2 is 1.58 bits per heavy atom. The lowest BCUT2D eigenvalue weighted by molar-refractivity contribution is -0.274. The molecule has 7 nitrogen and oxygen atoms in total. The molecule has 2 aromatic rings. The number of halogens is 3. The molecule has 0 bridgehead atoms. The molecule has 0 unspecified atom stereocenters. The first-order valence-electron chi connectivity index (χ1n) is 8.69. The van der Waals surface area contributed by atoms with Crippen molar-refractivity contribution < 1.29 is 36.9 Å². The van der Waals surface area contributed by atoms with Crippen LogP contribution in [0.2, 0.25) is 0 Å². The highest BCUT2D eigenvalue weighted by Crippen LogP contribution is 2.39. The Labute approximate surface area is 180 Å². The van der Waals surface area contributed by atoms with E-state index in [1.807, 2.05) is 0 Å². The van der Waals surface area contributed by atoms with Gasteiger partial charge in [-0.1, -0.05) is 0 Å². The number of carbonyl (C=O) groups excluding carboxylic acids is 1. The standard InChI is InChI=1S/C20H17F3N2O5S/c1-27-15-9-11(10-16(28-2)17(15)29-3)8-14-18(26)25(19(31)24-14)12-4-6-13(7-5-12)30-20(21,22)23/h4-10H,1-3H3,(H,24,31)/b14-8-. The lowest BCUT2D eigenvalue weighted by Gasteiger charge is -2.15. The maximum atomic E-state index is 12.9. The van der Waals surface area contributed by atoms with E-state index in [0.29, 0.717) is 22.8 Å². The van der Waals surface area contributed by atoms with Crippen molar-refractivity contribution in [2.75, 3.05) is 26.2 Å². The van der Waals surface area contributed by atoms with Gasteiger partial charge in [0.15, 0.2) is 16.6 Å². The zero-order valence-electron chi connectivity index (χ0n) is 16.6. The largest absolute Gasteiger partial charge is 0.573 e. The zero-order valence-corrected chi connectivity index (χ0v) is 17.4. The van der Waals surface area contributed by atoms with Gasteiger partial charge in [-0.3, -0.25) is 9.69 Å². The summed E-state index contributed by atoms with van der Waals surface area (Å²) < 4.78 is 56.7. The number of amides is 1. The molecular formula is C20H17F3N2O5S. The number of hydrogen-bond acceptors (Lipinski definition) is 6. The maximum Gasteiger partial charge on any atom is 0.573 e. The molecule has 3 rings (SSSR count). The number of alkyl halides is 3. The first-order valence-corrected chi connectivity index (χ1v) is 9.10. The fourth-order valence-corrected chi connectivity index (χ4v) is 3.22. The quantitative estimate of drug-likeness (QED) is 0.525. The van der Waals surface area contributed by atoms with Gasteiger partial charge < -0.3 is 24.3 Å². The number of hydrogen-bond donors (Lipinski definition) is 1. The number of anilines is 1. The van der Waals surface area contributed by atoms with E-state index < -0.39 is 18.0 Å². The first-order chi connectivity index (χ1) is 14.7. The Bertz CT molecular complexity index is 1010. The topological polar surface area (TPSA) is 69.3 Å². The average Bonchev–Trinajstić information content (AvgIpc) is 2.99. The van der Waals surface area contributed by atoms with Crippen LogP contribution >= 0.6 is 12.2 Å². The van der Waals surface area contributed by atoms with Gasteiger partial charge in [0.1, 0.15) is 11.4 Å². The molecule has 0 spiro atoms. The third kappa shape index (κ3) is 4.82. The Hall–Kier alpha value is -3.47. The van der Waals surface area contributed by atoms with Crippen LogP contribution in [-0.2, 0) is 4.79 Å². The van der Waals surface area contributed by atoms with E-state index in [2.05, 4.69) is 10.1 Å². The van der Waals surface area contributed by atoms with Gasteiger partial charge in [-0.2, -0.15) is 0 Å². The Kier molecular flexibility index (Phi) is 6.25. The van der Waals surface area contributed by atoms with Gasteiger partial charge >= 0.3 is 6.36 Å². The number of ether oxygens (including phenoxy) is 4. The van der Waals surface area contributed by atoms with Crippen molar-refractivity contribution in [3.05, 3.63) is 47.7 Å². The highest BCUT2D eigenvalue weighted by Gasteiger charge is 2.33. The predicted molar refractivity (Wildman–Crippen MR) is 110 cm³/mol. The van der Waals surface area contributed by atoms with Gasteiger partial charge in [-0.05, 0) is 60.3 Å². The third-order valence-electron chi connectivity index (χ3n) is 4.20. The summed E-state index contributed by atoms with van der Waals surface area (Å²) in [6, 6.07) is 8.10. The molecular weight excluding hydrogens is 437 g/mol. The van der Waals surface area contributed by atoms with Crippen molar-refractivity contribution in [3.8, 4) is 23.0 Å². The van der Waals surface area contributed by atoms with Gasteiger partial charge in [0, 0.05) is 0 Å². The Balaban J connectivity index is 1.89. The smallest absolute Gasteiger partial charge is 0.493 e. The van der Waals surface area contributed by atoms with E-state index in [-0.39, 0.29) is 16.5 Å². The summed E-state index contributed by atoms with van der Waals surface area (Å²) in [6.07, 6.45) is -3.27. The minimum Gasteiger partial charge on any atom is -0.493 e. The minimum atomic E-state index is -4.81. The zero-order chi connectivity index (χ0) is 22.8. The van der Waals surface area contributed by atoms with Gasteiger partial charge in [0.05, 0.1) is 27.0 Å². The van der Waals surface area contributed by atoms with Gasteiger partial charge in [0.25, 0.3) is 5.91 Å². The SMILES string of the molecule is COc1cc(/C=C2\NC(=S)N(c3ccc(OC(F)(F)F)cc3)C2=O)cc(OC)c1OC. The highest BCUT2D eigenvalue weighted by atomic mass is 32.1. The number of thiocarbonyl (C=S) groups is 1. The molecule has 1 saturated heterocycles. The number of benzene rings is 2. The van der Waals surface area contributed by atoms with Gasteiger partial charge in [-0.15, -0.1) is 13.2 Å². The van der Waals surface area contributed by atoms with E-state index in [1.165, 1.54) is 33.5 Å². The van der Waals surface area contributed by atoms with Crippen LogP contribution in [-0.4, -0.2) is 38.7 Å². The number of nitrogens with one attached hydrogen (secondary N) is 1. The van der Waals surface area contributed by atoms with Crippen LogP contribution in [0.1, 0.15) is 5.56 Å². The van der Waals surface area contributed by atoms with Crippen LogP contribution in [0.15, 0.2) is 42.1 Å². The van der Waals surface area contributed by atoms with Crippen LogP contribution in [0, 0.1) is 0 Å². The van der Waals surface area contributed by atoms with Crippen molar-refractivity contribution in [3.63, 3.8) is 0 Å². The van der Waals surface area contributed by atoms with Crippen LogP contribution < -0.4 is 29.2 Å². The number of methoxy groups -OCH3 is 3. The fourth-order valence-electron chi connectivity index (χ4n) is 2.92. The van der Waals surface area contributed by atoms with E-state index in [1.54, 1.807) is 18.2 Å². The van der Waals surface area contributed by atoms with Crippen LogP contribution in [0.5, 0.6) is 23.0 Å². The molecule has 1 heterocycles. The molecule has 0 aliphatic carbocycles. The van der Waals surface area contributed by atoms with Crippen molar-refractivity contribution in [1.82, 2.24) is 5.32 Å². The summed E-state index contributed by atoms with van der Waals surface area (Å²) in [7, 11) is 4.41. The molecule has 31 heavy (non-hydrogen) atoms. The normalized spacial score (nSPS) is 15.2. The minimum absolute atomic E-state index is 0.0770. The van der Waals surface area contributed by atoms with Gasteiger partial charge in [0.2, 0.25) is 5.75 Å². The second-order valence-electron chi connectivity index (χ2n) is 6.13. The third-order valence-corrected chi connectivity index (χ3v) is 4.49. The molecule has 1 aliphatic rings. The van der Waals surface area contributed by atoms with E-state index >= 15 is 0 Å². The lowest BCUT2D eigenvalue weighted by Crippen LogP contribution is -2.30. The van der Waals surface area contributed by atoms with Crippen molar-refractivity contribution in [2.45, 2.75) is 6.36 Å². The Morgan fingerprint density at radius 3 is 2.06 bits per heavy atom. The summed E-state index contributed by atoms with van der Waals surface area (Å²) in [5.41, 5.74) is 1.02. The van der Waals surface area contributed by atoms with Crippen LogP contribution in [0.25, 0.3) is 6.08 Å². The second kappa shape index (κ2) is 8.72. The highest BCUT2D eigenvalue weighted by molar-refractivity contribution is 7.80. The number of rotatable bonds is 6. The summed E-state index contributed by atoms with van der Waals surface area (Å²) in [4.78, 5) is 14.0. The molecule has 1 fully saturated rings. The molecule has 164 valence electrons. The lowest BCUT2D eigenvalue weighted by atomic mass is 10.1. The summed E-state index contributed by atoms with van der Waals surface area (Å²) in [5, 5.41) is 2.88. The summed E-state index contributed by atoms with van der Waals surface area (Å²) in [6.45, 7) is 0. The van der Waals surface area contributed by atoms with Crippen LogP contribution in [0.3, 0.4) is 0 Å². The monoisotopic (exact) mass is 454 g/mol. The molecule has 1 amide bonds. The predicted octanol–water partition coefficient (Wildman–Crippen LogP) is 3.87. The maximum absolute atomic E-state index is 12.9. The molecule has 0 saturated carbocycles. The molecule has 1 N–H and O–H groups in total. The summed E-state index contributed by atoms with van der Waals surface area (Å²) in [5.74, 6) is 0.312. The van der Waals surface area contributed by atoms with Crippen molar-refractivity contribution >= 4 is 35.0 Å². The molecule has 0 atom stereocenters. The molecule has 1 aliphatic heterocycles. The first kappa shape index (κ1) is 22.2. The average molecular weight is 454 g/mol. The molecule has 2 aromatic carbocycles. The molecule has 11 heteroatoms. The molecule has 0 aromatic heterocycles. The summed E-state index contributed by atoms with van der Waals surface area (Å²) >= 11 is 5.22. The number of carbonyl (C=O) groups is 1. The molecule has 0 radical (unpaired) electrons. The van der Waals surface area contributed by atoms with E-state index in [0.717, 1.165) is 17.0 Å². The van der Waals surface area contributed by atoms with E-state index in [4.69, 9.17) is 26.4 Å². The van der Waals surface area contributed by atoms with Crippen molar-refractivity contribution in [2.24, 2.45) is 0 Å².